The molecular weight excluding hydrogens is 450 g/mol. The molecule has 0 spiro atoms. The van der Waals surface area contributed by atoms with Crippen LogP contribution in [0, 0.1) is 17.8 Å². The fourth-order valence-corrected chi connectivity index (χ4v) is 7.56. The molecule has 2 aliphatic heterocycles. The van der Waals surface area contributed by atoms with Crippen molar-refractivity contribution in [2.45, 2.75) is 88.6 Å². The second-order valence-corrected chi connectivity index (χ2v) is 12.8. The number of piperidine rings is 1. The number of carbonyl (C=O) groups excluding carboxylic acids is 2. The summed E-state index contributed by atoms with van der Waals surface area (Å²) in [5, 5.41) is 3.22. The van der Waals surface area contributed by atoms with Gasteiger partial charge in [0.15, 0.2) is 0 Å². The Balaban J connectivity index is 1.29. The van der Waals surface area contributed by atoms with Gasteiger partial charge in [-0.15, -0.1) is 0 Å². The first-order valence-corrected chi connectivity index (χ1v) is 14.5. The zero-order valence-electron chi connectivity index (χ0n) is 20.3. The van der Waals surface area contributed by atoms with E-state index in [1.54, 1.807) is 18.2 Å². The van der Waals surface area contributed by atoms with Crippen molar-refractivity contribution in [3.8, 4) is 0 Å². The number of amides is 2. The summed E-state index contributed by atoms with van der Waals surface area (Å²) < 4.78 is 28.5. The second kappa shape index (κ2) is 9.26. The lowest BCUT2D eigenvalue weighted by Gasteiger charge is -2.34. The van der Waals surface area contributed by atoms with Crippen LogP contribution in [0.15, 0.2) is 23.1 Å². The van der Waals surface area contributed by atoms with Gasteiger partial charge in [-0.25, -0.2) is 8.42 Å². The smallest absolute Gasteiger partial charge is 0.243 e. The number of sulfonamides is 1. The number of hydrogen-bond donors (Lipinski definition) is 1. The van der Waals surface area contributed by atoms with E-state index in [2.05, 4.69) is 12.2 Å². The van der Waals surface area contributed by atoms with E-state index in [0.29, 0.717) is 25.3 Å². The van der Waals surface area contributed by atoms with Gasteiger partial charge in [-0.05, 0) is 81.5 Å². The van der Waals surface area contributed by atoms with E-state index < -0.39 is 10.0 Å². The van der Waals surface area contributed by atoms with Gasteiger partial charge in [0.05, 0.1) is 10.8 Å². The van der Waals surface area contributed by atoms with Crippen molar-refractivity contribution in [3.63, 3.8) is 0 Å². The van der Waals surface area contributed by atoms with E-state index in [4.69, 9.17) is 0 Å². The summed E-state index contributed by atoms with van der Waals surface area (Å²) in [7, 11) is -3.70. The predicted octanol–water partition coefficient (Wildman–Crippen LogP) is 3.47. The average molecular weight is 488 g/mol. The van der Waals surface area contributed by atoms with Crippen LogP contribution in [-0.2, 0) is 26.0 Å². The highest BCUT2D eigenvalue weighted by atomic mass is 32.2. The highest BCUT2D eigenvalue weighted by Crippen LogP contribution is 2.40. The fraction of sp³-hybridized carbons (Fsp3) is 0.692. The molecule has 2 aliphatic carbocycles. The van der Waals surface area contributed by atoms with Crippen molar-refractivity contribution in [3.05, 3.63) is 23.8 Å². The van der Waals surface area contributed by atoms with Gasteiger partial charge in [-0.2, -0.15) is 4.31 Å². The molecule has 2 heterocycles. The first-order chi connectivity index (χ1) is 16.3. The van der Waals surface area contributed by atoms with Gasteiger partial charge in [0.1, 0.15) is 0 Å². The molecular formula is C26H37N3O4S. The lowest BCUT2D eigenvalue weighted by atomic mass is 9.85. The number of nitrogens with one attached hydrogen (secondary N) is 1. The van der Waals surface area contributed by atoms with E-state index in [-0.39, 0.29) is 47.2 Å². The molecule has 7 nitrogen and oxygen atoms in total. The normalized spacial score (nSPS) is 30.1. The molecule has 8 heteroatoms. The Labute approximate surface area is 203 Å². The zero-order valence-corrected chi connectivity index (χ0v) is 21.1. The van der Waals surface area contributed by atoms with E-state index in [1.165, 1.54) is 10.7 Å². The molecule has 1 N–H and O–H groups in total. The van der Waals surface area contributed by atoms with Gasteiger partial charge in [-0.3, -0.25) is 9.59 Å². The molecule has 0 aromatic heterocycles. The summed E-state index contributed by atoms with van der Waals surface area (Å²) in [6.45, 7) is 4.88. The quantitative estimate of drug-likeness (QED) is 0.689. The van der Waals surface area contributed by atoms with Crippen LogP contribution in [0.4, 0.5) is 5.69 Å². The Morgan fingerprint density at radius 3 is 2.47 bits per heavy atom. The summed E-state index contributed by atoms with van der Waals surface area (Å²) >= 11 is 0. The van der Waals surface area contributed by atoms with Crippen molar-refractivity contribution in [2.75, 3.05) is 18.0 Å². The summed E-state index contributed by atoms with van der Waals surface area (Å²) in [6.07, 6.45) is 8.48. The molecule has 4 aliphatic rings. The van der Waals surface area contributed by atoms with Gasteiger partial charge in [0.2, 0.25) is 21.8 Å². The van der Waals surface area contributed by atoms with Crippen molar-refractivity contribution in [1.29, 1.82) is 0 Å². The number of anilines is 1. The molecule has 1 aromatic rings. The lowest BCUT2D eigenvalue weighted by molar-refractivity contribution is -0.127. The molecule has 2 amide bonds. The zero-order chi connectivity index (χ0) is 24.0. The third kappa shape index (κ3) is 4.51. The van der Waals surface area contributed by atoms with Gasteiger partial charge >= 0.3 is 0 Å². The minimum atomic E-state index is -3.70. The number of rotatable bonds is 5. The van der Waals surface area contributed by atoms with Gasteiger partial charge in [0, 0.05) is 36.8 Å². The Kier molecular flexibility index (Phi) is 6.48. The van der Waals surface area contributed by atoms with Gasteiger partial charge in [-0.1, -0.05) is 19.8 Å². The van der Waals surface area contributed by atoms with Crippen molar-refractivity contribution in [2.24, 2.45) is 17.8 Å². The number of carbonyl (C=O) groups is 2. The largest absolute Gasteiger partial charge is 0.353 e. The molecule has 1 aromatic carbocycles. The fourth-order valence-electron chi connectivity index (χ4n) is 5.99. The van der Waals surface area contributed by atoms with E-state index in [1.807, 2.05) is 11.8 Å². The van der Waals surface area contributed by atoms with E-state index >= 15 is 0 Å². The maximum absolute atomic E-state index is 13.5. The lowest BCUT2D eigenvalue weighted by Crippen LogP contribution is -2.49. The van der Waals surface area contributed by atoms with Crippen molar-refractivity contribution < 1.29 is 18.0 Å². The average Bonchev–Trinajstić information content (AvgIpc) is 3.62. The maximum atomic E-state index is 13.5. The summed E-state index contributed by atoms with van der Waals surface area (Å²) in [6, 6.07) is 5.42. The van der Waals surface area contributed by atoms with Crippen LogP contribution >= 0.6 is 0 Å². The third-order valence-electron chi connectivity index (χ3n) is 8.26. The van der Waals surface area contributed by atoms with Crippen LogP contribution in [0.3, 0.4) is 0 Å². The number of benzene rings is 1. The summed E-state index contributed by atoms with van der Waals surface area (Å²) in [5.74, 6) is 0.458. The molecule has 5 rings (SSSR count). The Morgan fingerprint density at radius 2 is 1.74 bits per heavy atom. The topological polar surface area (TPSA) is 86.8 Å². The first kappa shape index (κ1) is 23.8. The highest BCUT2D eigenvalue weighted by Gasteiger charge is 2.40. The first-order valence-electron chi connectivity index (χ1n) is 13.0. The Morgan fingerprint density at radius 1 is 0.971 bits per heavy atom. The molecule has 1 saturated heterocycles. The number of fused-ring (bicyclic) bond motifs is 1. The maximum Gasteiger partial charge on any atom is 0.243 e. The Bertz CT molecular complexity index is 1070. The molecule has 34 heavy (non-hydrogen) atoms. The van der Waals surface area contributed by atoms with Crippen LogP contribution in [0.25, 0.3) is 0 Å². The van der Waals surface area contributed by atoms with Crippen LogP contribution < -0.4 is 10.2 Å². The second-order valence-electron chi connectivity index (χ2n) is 10.9. The minimum Gasteiger partial charge on any atom is -0.353 e. The van der Waals surface area contributed by atoms with Gasteiger partial charge < -0.3 is 10.2 Å². The highest BCUT2D eigenvalue weighted by molar-refractivity contribution is 7.89. The Hall–Kier alpha value is -1.93. The molecule has 4 atom stereocenters. The van der Waals surface area contributed by atoms with Gasteiger partial charge in [0.25, 0.3) is 0 Å². The number of hydrogen-bond acceptors (Lipinski definition) is 4. The number of nitrogens with zero attached hydrogens (tertiary/aromatic N) is 2. The van der Waals surface area contributed by atoms with Crippen LogP contribution in [0.5, 0.6) is 0 Å². The predicted molar refractivity (Wildman–Crippen MR) is 131 cm³/mol. The summed E-state index contributed by atoms with van der Waals surface area (Å²) in [4.78, 5) is 27.9. The molecule has 0 radical (unpaired) electrons. The van der Waals surface area contributed by atoms with Crippen LogP contribution in [-0.4, -0.2) is 49.7 Å². The molecule has 186 valence electrons. The molecule has 0 unspecified atom stereocenters. The molecule has 3 fully saturated rings. The van der Waals surface area contributed by atoms with Crippen molar-refractivity contribution in [1.82, 2.24) is 9.62 Å². The standard InChI is InChI=1S/C26H37N3O4S/c1-17-6-3-4-8-23(17)27-25(30)20-7-5-13-28(16-20)34(32,33)22-11-12-24-21(15-22)14-18(2)29(24)26(31)19-9-10-19/h11-12,15,17-20,23H,3-10,13-14,16H2,1-2H3,(H,27,30)/t17-,18-,20+,23+/m1/s1. The monoisotopic (exact) mass is 487 g/mol. The third-order valence-corrected chi connectivity index (χ3v) is 10.1. The summed E-state index contributed by atoms with van der Waals surface area (Å²) in [5.41, 5.74) is 1.76. The SMILES string of the molecule is C[C@@H]1CCCC[C@@H]1NC(=O)[C@H]1CCCN(S(=O)(=O)c2ccc3c(c2)C[C@@H](C)N3C(=O)C2CC2)C1. The van der Waals surface area contributed by atoms with E-state index in [0.717, 1.165) is 49.8 Å². The van der Waals surface area contributed by atoms with Crippen molar-refractivity contribution >= 4 is 27.5 Å². The van der Waals surface area contributed by atoms with Crippen LogP contribution in [0.1, 0.15) is 70.8 Å². The molecule has 2 saturated carbocycles. The van der Waals surface area contributed by atoms with E-state index in [9.17, 15) is 18.0 Å². The van der Waals surface area contributed by atoms with Crippen LogP contribution in [0.2, 0.25) is 0 Å². The molecule has 0 bridgehead atoms. The minimum absolute atomic E-state index is 0.00402.